The third kappa shape index (κ3) is 1.40. The van der Waals surface area contributed by atoms with Crippen LogP contribution in [0.1, 0.15) is 24.3 Å². The summed E-state index contributed by atoms with van der Waals surface area (Å²) < 4.78 is 5.17. The molecule has 1 aromatic heterocycles. The molecule has 0 unspecified atom stereocenters. The molecule has 0 spiro atoms. The largest absolute Gasteiger partial charge is 0.480 e. The second kappa shape index (κ2) is 3.37. The molecule has 2 aromatic rings. The fraction of sp³-hybridized carbons (Fsp3) is 0.308. The fourth-order valence-corrected chi connectivity index (χ4v) is 2.11. The van der Waals surface area contributed by atoms with Gasteiger partial charge in [-0.1, -0.05) is 18.2 Å². The number of pyridine rings is 1. The van der Waals surface area contributed by atoms with Crippen molar-refractivity contribution in [1.82, 2.24) is 4.98 Å². The van der Waals surface area contributed by atoms with Crippen molar-refractivity contribution in [3.63, 3.8) is 0 Å². The number of aromatic nitrogens is 1. The third-order valence-electron chi connectivity index (χ3n) is 3.08. The highest BCUT2D eigenvalue weighted by atomic mass is 16.5. The lowest BCUT2D eigenvalue weighted by molar-refractivity contribution is 0.402. The molecule has 82 valence electrons. The first-order valence-electron chi connectivity index (χ1n) is 5.52. The fourth-order valence-electron chi connectivity index (χ4n) is 2.11. The predicted octanol–water partition coefficient (Wildman–Crippen LogP) is 2.70. The van der Waals surface area contributed by atoms with Crippen molar-refractivity contribution in [2.45, 2.75) is 18.8 Å². The molecule has 0 aliphatic heterocycles. The average Bonchev–Trinajstić information content (AvgIpc) is 3.11. The second-order valence-electron chi connectivity index (χ2n) is 4.28. The van der Waals surface area contributed by atoms with Crippen molar-refractivity contribution in [1.29, 1.82) is 0 Å². The lowest BCUT2D eigenvalue weighted by Gasteiger charge is -2.08. The molecule has 0 amide bonds. The maximum Gasteiger partial charge on any atom is 0.237 e. The Morgan fingerprint density at radius 2 is 2.19 bits per heavy atom. The number of nitrogens with two attached hydrogens (primary N) is 1. The van der Waals surface area contributed by atoms with Crippen molar-refractivity contribution in [3.05, 3.63) is 29.8 Å². The van der Waals surface area contributed by atoms with Gasteiger partial charge in [-0.2, -0.15) is 0 Å². The zero-order valence-corrected chi connectivity index (χ0v) is 9.23. The van der Waals surface area contributed by atoms with E-state index in [0.717, 1.165) is 10.9 Å². The van der Waals surface area contributed by atoms with Gasteiger partial charge in [0.05, 0.1) is 18.3 Å². The minimum absolute atomic E-state index is 0.528. The molecule has 16 heavy (non-hydrogen) atoms. The summed E-state index contributed by atoms with van der Waals surface area (Å²) in [5.41, 5.74) is 8.82. The molecule has 3 nitrogen and oxygen atoms in total. The Morgan fingerprint density at radius 1 is 1.38 bits per heavy atom. The van der Waals surface area contributed by atoms with Crippen LogP contribution in [-0.2, 0) is 0 Å². The van der Waals surface area contributed by atoms with Crippen LogP contribution < -0.4 is 10.5 Å². The van der Waals surface area contributed by atoms with E-state index in [2.05, 4.69) is 17.1 Å². The van der Waals surface area contributed by atoms with Crippen molar-refractivity contribution in [2.24, 2.45) is 0 Å². The van der Waals surface area contributed by atoms with E-state index in [0.29, 0.717) is 17.5 Å². The molecule has 0 saturated heterocycles. The molecule has 1 heterocycles. The summed E-state index contributed by atoms with van der Waals surface area (Å²) in [6.45, 7) is 0. The second-order valence-corrected chi connectivity index (χ2v) is 4.28. The van der Waals surface area contributed by atoms with Gasteiger partial charge in [0, 0.05) is 5.39 Å². The average molecular weight is 214 g/mol. The summed E-state index contributed by atoms with van der Waals surface area (Å²) >= 11 is 0. The van der Waals surface area contributed by atoms with E-state index in [-0.39, 0.29) is 0 Å². The van der Waals surface area contributed by atoms with Gasteiger partial charge in [0.1, 0.15) is 0 Å². The van der Waals surface area contributed by atoms with Gasteiger partial charge < -0.3 is 10.5 Å². The smallest absolute Gasteiger partial charge is 0.237 e. The summed E-state index contributed by atoms with van der Waals surface area (Å²) in [6, 6.07) is 8.21. The summed E-state index contributed by atoms with van der Waals surface area (Å²) in [7, 11) is 1.60. The zero-order chi connectivity index (χ0) is 11.1. The number of fused-ring (bicyclic) bond motifs is 1. The van der Waals surface area contributed by atoms with E-state index in [4.69, 9.17) is 10.5 Å². The first kappa shape index (κ1) is 9.46. The van der Waals surface area contributed by atoms with E-state index in [1.807, 2.05) is 12.1 Å². The summed E-state index contributed by atoms with van der Waals surface area (Å²) in [4.78, 5) is 4.51. The highest BCUT2D eigenvalue weighted by Crippen LogP contribution is 2.43. The molecule has 1 aliphatic rings. The molecule has 2 N–H and O–H groups in total. The molecule has 0 bridgehead atoms. The summed E-state index contributed by atoms with van der Waals surface area (Å²) in [5, 5.41) is 1.10. The number of hydrogen-bond acceptors (Lipinski definition) is 3. The molecule has 3 heteroatoms. The minimum Gasteiger partial charge on any atom is -0.480 e. The van der Waals surface area contributed by atoms with Gasteiger partial charge in [-0.05, 0) is 30.4 Å². The monoisotopic (exact) mass is 214 g/mol. The predicted molar refractivity (Wildman–Crippen MR) is 64.7 cm³/mol. The van der Waals surface area contributed by atoms with E-state index in [9.17, 15) is 0 Å². The molecule has 1 saturated carbocycles. The number of hydrogen-bond donors (Lipinski definition) is 1. The van der Waals surface area contributed by atoms with E-state index >= 15 is 0 Å². The van der Waals surface area contributed by atoms with Crippen LogP contribution in [0, 0.1) is 0 Å². The molecule has 0 radical (unpaired) electrons. The van der Waals surface area contributed by atoms with Gasteiger partial charge >= 0.3 is 0 Å². The topological polar surface area (TPSA) is 48.1 Å². The lowest BCUT2D eigenvalue weighted by Crippen LogP contribution is -1.97. The maximum absolute atomic E-state index is 5.85. The van der Waals surface area contributed by atoms with Crippen LogP contribution in [-0.4, -0.2) is 12.1 Å². The van der Waals surface area contributed by atoms with E-state index in [1.165, 1.54) is 18.4 Å². The standard InChI is InChI=1S/C13H14N2O/c1-16-13-11(14)7-9-3-2-4-10(8-5-6-8)12(9)15-13/h2-4,7-8H,5-6,14H2,1H3. The number of methoxy groups -OCH3 is 1. The normalized spacial score (nSPS) is 15.3. The number of nitrogen functional groups attached to an aromatic ring is 1. The number of ether oxygens (including phenoxy) is 1. The number of rotatable bonds is 2. The van der Waals surface area contributed by atoms with Crippen LogP contribution >= 0.6 is 0 Å². The SMILES string of the molecule is COc1nc2c(C3CC3)cccc2cc1N. The first-order valence-corrected chi connectivity index (χ1v) is 5.52. The molecule has 0 atom stereocenters. The Labute approximate surface area is 94.2 Å². The van der Waals surface area contributed by atoms with Gasteiger partial charge in [0.25, 0.3) is 0 Å². The first-order chi connectivity index (χ1) is 7.79. The Kier molecular flexibility index (Phi) is 1.99. The van der Waals surface area contributed by atoms with Crippen LogP contribution in [0.15, 0.2) is 24.3 Å². The van der Waals surface area contributed by atoms with Crippen LogP contribution in [0.4, 0.5) is 5.69 Å². The van der Waals surface area contributed by atoms with Crippen LogP contribution in [0.2, 0.25) is 0 Å². The maximum atomic E-state index is 5.85. The van der Waals surface area contributed by atoms with Crippen molar-refractivity contribution in [2.75, 3.05) is 12.8 Å². The lowest BCUT2D eigenvalue weighted by atomic mass is 10.1. The summed E-state index contributed by atoms with van der Waals surface area (Å²) in [5.74, 6) is 1.21. The van der Waals surface area contributed by atoms with Gasteiger partial charge in [0.2, 0.25) is 5.88 Å². The number of nitrogens with zero attached hydrogens (tertiary/aromatic N) is 1. The van der Waals surface area contributed by atoms with Crippen molar-refractivity contribution in [3.8, 4) is 5.88 Å². The van der Waals surface area contributed by atoms with Crippen LogP contribution in [0.25, 0.3) is 10.9 Å². The number of para-hydroxylation sites is 1. The van der Waals surface area contributed by atoms with Gasteiger partial charge in [-0.15, -0.1) is 0 Å². The molecular formula is C13H14N2O. The van der Waals surface area contributed by atoms with Gasteiger partial charge in [-0.3, -0.25) is 0 Å². The molecule has 1 fully saturated rings. The number of anilines is 1. The van der Waals surface area contributed by atoms with Crippen LogP contribution in [0.3, 0.4) is 0 Å². The highest BCUT2D eigenvalue weighted by molar-refractivity contribution is 5.86. The molecular weight excluding hydrogens is 200 g/mol. The Balaban J connectivity index is 2.28. The Bertz CT molecular complexity index is 547. The minimum atomic E-state index is 0.528. The van der Waals surface area contributed by atoms with E-state index in [1.54, 1.807) is 7.11 Å². The Hall–Kier alpha value is -1.77. The molecule has 1 aliphatic carbocycles. The summed E-state index contributed by atoms with van der Waals surface area (Å²) in [6.07, 6.45) is 2.54. The highest BCUT2D eigenvalue weighted by Gasteiger charge is 2.26. The van der Waals surface area contributed by atoms with Crippen LogP contribution in [0.5, 0.6) is 5.88 Å². The zero-order valence-electron chi connectivity index (χ0n) is 9.23. The van der Waals surface area contributed by atoms with E-state index < -0.39 is 0 Å². The third-order valence-corrected chi connectivity index (χ3v) is 3.08. The molecule has 1 aromatic carbocycles. The molecule has 3 rings (SSSR count). The van der Waals surface area contributed by atoms with Gasteiger partial charge in [0.15, 0.2) is 0 Å². The van der Waals surface area contributed by atoms with Crippen molar-refractivity contribution >= 4 is 16.6 Å². The Morgan fingerprint density at radius 3 is 2.88 bits per heavy atom. The van der Waals surface area contributed by atoms with Crippen molar-refractivity contribution < 1.29 is 4.74 Å². The van der Waals surface area contributed by atoms with Gasteiger partial charge in [-0.25, -0.2) is 4.98 Å². The number of benzene rings is 1. The quantitative estimate of drug-likeness (QED) is 0.836.